The normalized spacial score (nSPS) is 10.7. The number of carbonyl (C=O) groups is 1. The topological polar surface area (TPSA) is 20.3 Å². The Balaban J connectivity index is 2.12. The second kappa shape index (κ2) is 6.71. The van der Waals surface area contributed by atoms with Crippen molar-refractivity contribution in [1.29, 1.82) is 0 Å². The van der Waals surface area contributed by atoms with Crippen molar-refractivity contribution < 1.29 is 4.79 Å². The molecule has 0 aliphatic rings. The van der Waals surface area contributed by atoms with E-state index in [-0.39, 0.29) is 5.91 Å². The molecule has 0 saturated heterocycles. The average Bonchev–Trinajstić information content (AvgIpc) is 2.48. The fourth-order valence-electron chi connectivity index (χ4n) is 2.01. The van der Waals surface area contributed by atoms with Crippen molar-refractivity contribution in [1.82, 2.24) is 0 Å². The molecule has 2 heteroatoms. The molecule has 102 valence electrons. The van der Waals surface area contributed by atoms with Crippen LogP contribution in [0.4, 0.5) is 5.69 Å². The quantitative estimate of drug-likeness (QED) is 0.763. The minimum atomic E-state index is -0.000671. The Morgan fingerprint density at radius 3 is 2.30 bits per heavy atom. The molecule has 1 amide bonds. The highest BCUT2D eigenvalue weighted by atomic mass is 16.2. The Morgan fingerprint density at radius 1 is 1.05 bits per heavy atom. The molecular formula is C18H19NO. The summed E-state index contributed by atoms with van der Waals surface area (Å²) in [6.45, 7) is 4.68. The summed E-state index contributed by atoms with van der Waals surface area (Å²) in [5, 5.41) is 0. The summed E-state index contributed by atoms with van der Waals surface area (Å²) in [6.07, 6.45) is 3.48. The maximum atomic E-state index is 12.3. The summed E-state index contributed by atoms with van der Waals surface area (Å²) in [4.78, 5) is 14.0. The zero-order chi connectivity index (χ0) is 14.4. The van der Waals surface area contributed by atoms with E-state index in [9.17, 15) is 4.79 Å². The molecule has 0 aliphatic heterocycles. The lowest BCUT2D eigenvalue weighted by Crippen LogP contribution is -2.28. The Hall–Kier alpha value is -2.35. The van der Waals surface area contributed by atoms with Gasteiger partial charge in [0.05, 0.1) is 0 Å². The average molecular weight is 265 g/mol. The number of carbonyl (C=O) groups excluding carboxylic acids is 1. The summed E-state index contributed by atoms with van der Waals surface area (Å²) in [5.41, 5.74) is 3.18. The van der Waals surface area contributed by atoms with Gasteiger partial charge in [-0.05, 0) is 37.6 Å². The molecule has 0 fully saturated rings. The van der Waals surface area contributed by atoms with Gasteiger partial charge < -0.3 is 4.90 Å². The van der Waals surface area contributed by atoms with Crippen LogP contribution in [0.25, 0.3) is 6.08 Å². The van der Waals surface area contributed by atoms with Gasteiger partial charge in [-0.15, -0.1) is 0 Å². The monoisotopic (exact) mass is 265 g/mol. The number of likely N-dealkylation sites (N-methyl/N-ethyl adjacent to an activating group) is 1. The number of hydrogen-bond donors (Lipinski definition) is 0. The van der Waals surface area contributed by atoms with Crippen LogP contribution in [0.1, 0.15) is 18.1 Å². The van der Waals surface area contributed by atoms with Crippen molar-refractivity contribution in [2.24, 2.45) is 0 Å². The van der Waals surface area contributed by atoms with Crippen molar-refractivity contribution in [3.05, 3.63) is 71.8 Å². The molecule has 0 radical (unpaired) electrons. The molecule has 2 rings (SSSR count). The standard InChI is InChI=1S/C18H19NO/c1-3-19(17-7-5-4-6-8-17)18(20)14-13-16-11-9-15(2)10-12-16/h4-14H,3H2,1-2H3. The Kier molecular flexibility index (Phi) is 4.72. The Bertz CT molecular complexity index is 585. The van der Waals surface area contributed by atoms with Crippen LogP contribution < -0.4 is 4.90 Å². The van der Waals surface area contributed by atoms with E-state index in [1.807, 2.05) is 74.5 Å². The molecule has 2 aromatic carbocycles. The van der Waals surface area contributed by atoms with Crippen LogP contribution in [0.3, 0.4) is 0 Å². The number of hydrogen-bond acceptors (Lipinski definition) is 1. The van der Waals surface area contributed by atoms with E-state index in [0.29, 0.717) is 6.54 Å². The Labute approximate surface area is 120 Å². The molecule has 2 nitrogen and oxygen atoms in total. The summed E-state index contributed by atoms with van der Waals surface area (Å²) in [5.74, 6) is -0.000671. The third kappa shape index (κ3) is 3.58. The van der Waals surface area contributed by atoms with Gasteiger partial charge in [0, 0.05) is 18.3 Å². The molecule has 0 aromatic heterocycles. The number of para-hydroxylation sites is 1. The first kappa shape index (κ1) is 14.1. The molecule has 0 saturated carbocycles. The van der Waals surface area contributed by atoms with Crippen molar-refractivity contribution in [3.8, 4) is 0 Å². The van der Waals surface area contributed by atoms with Gasteiger partial charge >= 0.3 is 0 Å². The number of amides is 1. The molecule has 0 aliphatic carbocycles. The predicted molar refractivity (Wildman–Crippen MR) is 84.7 cm³/mol. The van der Waals surface area contributed by atoms with Crippen LogP contribution in [0, 0.1) is 6.92 Å². The van der Waals surface area contributed by atoms with Crippen molar-refractivity contribution in [3.63, 3.8) is 0 Å². The summed E-state index contributed by atoms with van der Waals surface area (Å²) in [6, 6.07) is 17.8. The van der Waals surface area contributed by atoms with Crippen LogP contribution in [0.15, 0.2) is 60.7 Å². The van der Waals surface area contributed by atoms with Crippen LogP contribution in [-0.2, 0) is 4.79 Å². The lowest BCUT2D eigenvalue weighted by Gasteiger charge is -2.19. The fourth-order valence-corrected chi connectivity index (χ4v) is 2.01. The van der Waals surface area contributed by atoms with Gasteiger partial charge in [0.25, 0.3) is 5.91 Å². The van der Waals surface area contributed by atoms with E-state index in [4.69, 9.17) is 0 Å². The van der Waals surface area contributed by atoms with Gasteiger partial charge in [-0.25, -0.2) is 0 Å². The number of rotatable bonds is 4. The van der Waals surface area contributed by atoms with E-state index in [2.05, 4.69) is 0 Å². The van der Waals surface area contributed by atoms with Gasteiger partial charge in [-0.3, -0.25) is 4.79 Å². The molecule has 0 heterocycles. The maximum Gasteiger partial charge on any atom is 0.250 e. The summed E-state index contributed by atoms with van der Waals surface area (Å²) in [7, 11) is 0. The fraction of sp³-hybridized carbons (Fsp3) is 0.167. The summed E-state index contributed by atoms with van der Waals surface area (Å²) >= 11 is 0. The van der Waals surface area contributed by atoms with E-state index in [1.54, 1.807) is 11.0 Å². The first-order valence-corrected chi connectivity index (χ1v) is 6.82. The van der Waals surface area contributed by atoms with E-state index < -0.39 is 0 Å². The summed E-state index contributed by atoms with van der Waals surface area (Å²) < 4.78 is 0. The van der Waals surface area contributed by atoms with Gasteiger partial charge in [-0.2, -0.15) is 0 Å². The predicted octanol–water partition coefficient (Wildman–Crippen LogP) is 4.06. The molecule has 20 heavy (non-hydrogen) atoms. The SMILES string of the molecule is CCN(C(=O)C=Cc1ccc(C)cc1)c1ccccc1. The largest absolute Gasteiger partial charge is 0.309 e. The van der Waals surface area contributed by atoms with E-state index in [0.717, 1.165) is 11.3 Å². The highest BCUT2D eigenvalue weighted by Gasteiger charge is 2.09. The van der Waals surface area contributed by atoms with Crippen LogP contribution in [0.5, 0.6) is 0 Å². The molecule has 0 N–H and O–H groups in total. The van der Waals surface area contributed by atoms with Crippen LogP contribution in [-0.4, -0.2) is 12.5 Å². The van der Waals surface area contributed by atoms with Gasteiger partial charge in [0.15, 0.2) is 0 Å². The number of benzene rings is 2. The highest BCUT2D eigenvalue weighted by Crippen LogP contribution is 2.14. The number of anilines is 1. The molecular weight excluding hydrogens is 246 g/mol. The van der Waals surface area contributed by atoms with Crippen molar-refractivity contribution in [2.45, 2.75) is 13.8 Å². The van der Waals surface area contributed by atoms with Crippen LogP contribution >= 0.6 is 0 Å². The third-order valence-electron chi connectivity index (χ3n) is 3.15. The van der Waals surface area contributed by atoms with Crippen LogP contribution in [0.2, 0.25) is 0 Å². The highest BCUT2D eigenvalue weighted by molar-refractivity contribution is 6.03. The maximum absolute atomic E-state index is 12.3. The number of nitrogens with zero attached hydrogens (tertiary/aromatic N) is 1. The first-order chi connectivity index (χ1) is 9.70. The Morgan fingerprint density at radius 2 is 1.70 bits per heavy atom. The van der Waals surface area contributed by atoms with E-state index in [1.165, 1.54) is 5.56 Å². The van der Waals surface area contributed by atoms with Crippen molar-refractivity contribution in [2.75, 3.05) is 11.4 Å². The number of aryl methyl sites for hydroxylation is 1. The van der Waals surface area contributed by atoms with Gasteiger partial charge in [-0.1, -0.05) is 48.0 Å². The molecule has 2 aromatic rings. The smallest absolute Gasteiger partial charge is 0.250 e. The lowest BCUT2D eigenvalue weighted by molar-refractivity contribution is -0.114. The van der Waals surface area contributed by atoms with E-state index >= 15 is 0 Å². The second-order valence-corrected chi connectivity index (χ2v) is 4.66. The third-order valence-corrected chi connectivity index (χ3v) is 3.15. The minimum absolute atomic E-state index is 0.000671. The molecule has 0 bridgehead atoms. The van der Waals surface area contributed by atoms with Gasteiger partial charge in [0.2, 0.25) is 0 Å². The molecule has 0 unspecified atom stereocenters. The molecule has 0 spiro atoms. The first-order valence-electron chi connectivity index (χ1n) is 6.82. The second-order valence-electron chi connectivity index (χ2n) is 4.66. The lowest BCUT2D eigenvalue weighted by atomic mass is 10.1. The molecule has 0 atom stereocenters. The zero-order valence-corrected chi connectivity index (χ0v) is 11.9. The zero-order valence-electron chi connectivity index (χ0n) is 11.9. The van der Waals surface area contributed by atoms with Gasteiger partial charge in [0.1, 0.15) is 0 Å². The van der Waals surface area contributed by atoms with Crippen molar-refractivity contribution >= 4 is 17.7 Å². The minimum Gasteiger partial charge on any atom is -0.309 e.